The second-order valence-electron chi connectivity index (χ2n) is 8.83. The van der Waals surface area contributed by atoms with E-state index in [-0.39, 0.29) is 29.5 Å². The summed E-state index contributed by atoms with van der Waals surface area (Å²) in [6.45, 7) is 2.29. The first-order chi connectivity index (χ1) is 15.0. The second-order valence-corrected chi connectivity index (χ2v) is 8.83. The van der Waals surface area contributed by atoms with Crippen molar-refractivity contribution >= 4 is 11.8 Å². The molecule has 2 unspecified atom stereocenters. The number of aliphatic hydroxyl groups is 1. The first-order valence-corrected chi connectivity index (χ1v) is 11.2. The Morgan fingerprint density at radius 3 is 2.71 bits per heavy atom. The number of esters is 1. The number of carbonyl (C=O) groups is 2. The highest BCUT2D eigenvalue weighted by molar-refractivity contribution is 5.89. The van der Waals surface area contributed by atoms with Crippen LogP contribution in [0.2, 0.25) is 0 Å². The average Bonchev–Trinajstić information content (AvgIpc) is 3.52. The Bertz CT molecular complexity index is 854. The van der Waals surface area contributed by atoms with Gasteiger partial charge in [-0.1, -0.05) is 24.3 Å². The van der Waals surface area contributed by atoms with Crippen LogP contribution in [0, 0.1) is 11.7 Å². The molecule has 6 nitrogen and oxygen atoms in total. The zero-order chi connectivity index (χ0) is 22.0. The molecule has 0 aromatic heterocycles. The number of hydrogen-bond acceptors (Lipinski definition) is 6. The number of methoxy groups -OCH3 is 1. The lowest BCUT2D eigenvalue weighted by Gasteiger charge is -2.37. The van der Waals surface area contributed by atoms with Gasteiger partial charge in [0.2, 0.25) is 0 Å². The number of piperidine rings is 1. The minimum atomic E-state index is -0.626. The average molecular weight is 431 g/mol. The number of likely N-dealkylation sites (tertiary alicyclic amines) is 2. The summed E-state index contributed by atoms with van der Waals surface area (Å²) in [6, 6.07) is 5.62. The largest absolute Gasteiger partial charge is 0.468 e. The number of hydrogen-bond donors (Lipinski definition) is 1. The van der Waals surface area contributed by atoms with Crippen molar-refractivity contribution in [2.24, 2.45) is 5.92 Å². The molecular formula is C24H31FN2O4. The van der Waals surface area contributed by atoms with Gasteiger partial charge in [0.15, 0.2) is 5.78 Å². The Morgan fingerprint density at radius 1 is 1.23 bits per heavy atom. The van der Waals surface area contributed by atoms with Gasteiger partial charge in [0.1, 0.15) is 11.9 Å². The molecule has 2 aliphatic heterocycles. The van der Waals surface area contributed by atoms with E-state index in [1.165, 1.54) is 13.2 Å². The summed E-state index contributed by atoms with van der Waals surface area (Å²) in [7, 11) is 1.40. The van der Waals surface area contributed by atoms with Crippen molar-refractivity contribution in [3.8, 4) is 0 Å². The highest BCUT2D eigenvalue weighted by atomic mass is 19.1. The summed E-state index contributed by atoms with van der Waals surface area (Å²) in [5, 5.41) is 10.6. The molecular weight excluding hydrogens is 399 g/mol. The van der Waals surface area contributed by atoms with Crippen molar-refractivity contribution in [1.82, 2.24) is 9.80 Å². The monoisotopic (exact) mass is 430 g/mol. The topological polar surface area (TPSA) is 70.1 Å². The maximum atomic E-state index is 14.6. The minimum absolute atomic E-state index is 0.00861. The fourth-order valence-electron chi connectivity index (χ4n) is 4.81. The molecule has 2 heterocycles. The van der Waals surface area contributed by atoms with Crippen LogP contribution in [0.15, 0.2) is 35.9 Å². The fourth-order valence-corrected chi connectivity index (χ4v) is 4.81. The maximum absolute atomic E-state index is 14.6. The number of carbonyl (C=O) groups excluding carboxylic acids is 2. The lowest BCUT2D eigenvalue weighted by Crippen LogP contribution is -2.44. The highest BCUT2D eigenvalue weighted by Crippen LogP contribution is 2.39. The number of ketones is 1. The summed E-state index contributed by atoms with van der Waals surface area (Å²) in [6.07, 6.45) is 5.32. The number of benzene rings is 1. The quantitative estimate of drug-likeness (QED) is 0.530. The van der Waals surface area contributed by atoms with E-state index in [4.69, 9.17) is 4.74 Å². The van der Waals surface area contributed by atoms with Crippen molar-refractivity contribution in [2.75, 3.05) is 33.3 Å². The summed E-state index contributed by atoms with van der Waals surface area (Å²) in [5.74, 6) is -0.507. The van der Waals surface area contributed by atoms with Gasteiger partial charge >= 0.3 is 5.97 Å². The molecule has 168 valence electrons. The lowest BCUT2D eigenvalue weighted by atomic mass is 9.92. The zero-order valence-electron chi connectivity index (χ0n) is 18.0. The van der Waals surface area contributed by atoms with Crippen LogP contribution in [0.1, 0.15) is 43.7 Å². The SMILES string of the molecule is COC(=O)[C@@H]1CCCN1C/C=C1\CN(C(C(=O)C2CC2)c2ccccc2F)CCC1O. The molecule has 7 heteroatoms. The molecule has 31 heavy (non-hydrogen) atoms. The summed E-state index contributed by atoms with van der Waals surface area (Å²) < 4.78 is 19.5. The molecule has 1 saturated carbocycles. The van der Waals surface area contributed by atoms with Crippen molar-refractivity contribution in [1.29, 1.82) is 0 Å². The Morgan fingerprint density at radius 2 is 2.00 bits per heavy atom. The molecule has 1 aromatic rings. The van der Waals surface area contributed by atoms with Gasteiger partial charge in [-0.05, 0) is 50.3 Å². The van der Waals surface area contributed by atoms with Gasteiger partial charge in [-0.25, -0.2) is 4.39 Å². The van der Waals surface area contributed by atoms with Crippen LogP contribution in [0.25, 0.3) is 0 Å². The van der Waals surface area contributed by atoms with Gasteiger partial charge in [-0.15, -0.1) is 0 Å². The number of ether oxygens (including phenoxy) is 1. The molecule has 2 saturated heterocycles. The van der Waals surface area contributed by atoms with Crippen molar-refractivity contribution < 1.29 is 23.8 Å². The van der Waals surface area contributed by atoms with Gasteiger partial charge in [0.05, 0.1) is 19.3 Å². The van der Waals surface area contributed by atoms with Crippen molar-refractivity contribution in [3.05, 3.63) is 47.3 Å². The molecule has 0 amide bonds. The van der Waals surface area contributed by atoms with Crippen LogP contribution in [-0.4, -0.2) is 72.1 Å². The van der Waals surface area contributed by atoms with Crippen LogP contribution in [0.4, 0.5) is 4.39 Å². The van der Waals surface area contributed by atoms with E-state index in [0.29, 0.717) is 31.6 Å². The molecule has 0 spiro atoms. The standard InChI is InChI=1S/C24H31FN2O4/c1-31-24(30)20-7-4-12-26(20)13-10-17-15-27(14-11-21(17)28)22(23(29)16-8-9-16)18-5-2-3-6-19(18)25/h2-3,5-6,10,16,20-22,28H,4,7-9,11-15H2,1H3/b17-10+/t20-,21?,22?/m0/s1. The molecule has 3 atom stereocenters. The Hall–Kier alpha value is -2.09. The van der Waals surface area contributed by atoms with Gasteiger partial charge in [0, 0.05) is 31.1 Å². The maximum Gasteiger partial charge on any atom is 0.323 e. The molecule has 1 aliphatic carbocycles. The van der Waals surface area contributed by atoms with Crippen LogP contribution in [0.3, 0.4) is 0 Å². The third kappa shape index (κ3) is 4.89. The Balaban J connectivity index is 1.52. The van der Waals surface area contributed by atoms with E-state index in [0.717, 1.165) is 37.8 Å². The van der Waals surface area contributed by atoms with Gasteiger partial charge in [0.25, 0.3) is 0 Å². The molecule has 3 aliphatic rings. The van der Waals surface area contributed by atoms with E-state index in [1.807, 2.05) is 11.0 Å². The summed E-state index contributed by atoms with van der Waals surface area (Å²) in [5.41, 5.74) is 1.24. The first-order valence-electron chi connectivity index (χ1n) is 11.2. The number of Topliss-reactive ketones (excluding diaryl/α,β-unsaturated/α-hetero) is 1. The number of aliphatic hydroxyl groups excluding tert-OH is 1. The molecule has 3 fully saturated rings. The summed E-state index contributed by atoms with van der Waals surface area (Å²) >= 11 is 0. The van der Waals surface area contributed by atoms with Gasteiger partial charge < -0.3 is 9.84 Å². The van der Waals surface area contributed by atoms with Crippen LogP contribution < -0.4 is 0 Å². The van der Waals surface area contributed by atoms with Crippen LogP contribution in [-0.2, 0) is 14.3 Å². The Kier molecular flexibility index (Phi) is 6.84. The predicted octanol–water partition coefficient (Wildman–Crippen LogP) is 2.48. The number of halogens is 1. The summed E-state index contributed by atoms with van der Waals surface area (Å²) in [4.78, 5) is 29.2. The molecule has 1 N–H and O–H groups in total. The van der Waals surface area contributed by atoms with E-state index in [2.05, 4.69) is 4.90 Å². The van der Waals surface area contributed by atoms with E-state index in [1.54, 1.807) is 18.2 Å². The third-order valence-electron chi connectivity index (χ3n) is 6.74. The van der Waals surface area contributed by atoms with E-state index in [9.17, 15) is 19.1 Å². The molecule has 4 rings (SSSR count). The number of rotatable bonds is 7. The molecule has 0 bridgehead atoms. The second kappa shape index (κ2) is 9.59. The third-order valence-corrected chi connectivity index (χ3v) is 6.74. The number of nitrogens with zero attached hydrogens (tertiary/aromatic N) is 2. The van der Waals surface area contributed by atoms with Crippen molar-refractivity contribution in [2.45, 2.75) is 50.3 Å². The van der Waals surface area contributed by atoms with E-state index < -0.39 is 12.1 Å². The fraction of sp³-hybridized carbons (Fsp3) is 0.583. The smallest absolute Gasteiger partial charge is 0.323 e. The first kappa shape index (κ1) is 22.1. The van der Waals surface area contributed by atoms with E-state index >= 15 is 0 Å². The van der Waals surface area contributed by atoms with Crippen LogP contribution >= 0.6 is 0 Å². The predicted molar refractivity (Wildman–Crippen MR) is 114 cm³/mol. The zero-order valence-corrected chi connectivity index (χ0v) is 18.0. The minimum Gasteiger partial charge on any atom is -0.468 e. The lowest BCUT2D eigenvalue weighted by molar-refractivity contribution is -0.145. The Labute approximate surface area is 182 Å². The molecule has 1 aromatic carbocycles. The van der Waals surface area contributed by atoms with Gasteiger partial charge in [-0.2, -0.15) is 0 Å². The van der Waals surface area contributed by atoms with Gasteiger partial charge in [-0.3, -0.25) is 19.4 Å². The van der Waals surface area contributed by atoms with Crippen LogP contribution in [0.5, 0.6) is 0 Å². The normalized spacial score (nSPS) is 27.4. The molecule has 0 radical (unpaired) electrons. The van der Waals surface area contributed by atoms with Crippen molar-refractivity contribution in [3.63, 3.8) is 0 Å². The highest BCUT2D eigenvalue weighted by Gasteiger charge is 2.41.